The van der Waals surface area contributed by atoms with Crippen LogP contribution in [0.25, 0.3) is 22.2 Å². The minimum atomic E-state index is -0.133. The van der Waals surface area contributed by atoms with Gasteiger partial charge < -0.3 is 10.1 Å². The molecule has 0 aliphatic rings. The second-order valence-electron chi connectivity index (χ2n) is 5.97. The Bertz CT molecular complexity index is 1080. The summed E-state index contributed by atoms with van der Waals surface area (Å²) in [5, 5.41) is 10.7. The highest BCUT2D eigenvalue weighted by molar-refractivity contribution is 6.17. The molecule has 0 fully saturated rings. The highest BCUT2D eigenvalue weighted by atomic mass is 16.3. The minimum absolute atomic E-state index is 0.119. The number of aromatic amines is 1. The van der Waals surface area contributed by atoms with Crippen molar-refractivity contribution in [2.45, 2.75) is 6.92 Å². The number of carbonyl (C=O) groups is 1. The molecule has 0 amide bonds. The van der Waals surface area contributed by atoms with Gasteiger partial charge in [-0.15, -0.1) is 0 Å². The Balaban J connectivity index is 1.85. The molecule has 0 saturated carbocycles. The van der Waals surface area contributed by atoms with Gasteiger partial charge in [0.05, 0.1) is 0 Å². The third-order valence-electron chi connectivity index (χ3n) is 4.43. The predicted octanol–water partition coefficient (Wildman–Crippen LogP) is 4.47. The van der Waals surface area contributed by atoms with Crippen molar-refractivity contribution in [3.05, 3.63) is 83.7 Å². The van der Waals surface area contributed by atoms with Crippen molar-refractivity contribution >= 4 is 16.8 Å². The van der Waals surface area contributed by atoms with Gasteiger partial charge in [-0.1, -0.05) is 42.5 Å². The molecule has 4 rings (SSSR count). The Labute approximate surface area is 144 Å². The van der Waals surface area contributed by atoms with E-state index in [9.17, 15) is 9.90 Å². The lowest BCUT2D eigenvalue weighted by atomic mass is 9.97. The molecule has 2 heterocycles. The molecule has 2 aromatic carbocycles. The summed E-state index contributed by atoms with van der Waals surface area (Å²) in [5.41, 5.74) is 4.29. The van der Waals surface area contributed by atoms with Crippen LogP contribution in [0.3, 0.4) is 0 Å². The maximum absolute atomic E-state index is 13.0. The molecular weight excluding hydrogens is 312 g/mol. The normalized spacial score (nSPS) is 10.9. The molecule has 0 aliphatic heterocycles. The van der Waals surface area contributed by atoms with E-state index in [4.69, 9.17) is 0 Å². The first-order chi connectivity index (χ1) is 12.1. The van der Waals surface area contributed by atoms with Crippen LogP contribution in [0.2, 0.25) is 0 Å². The number of fused-ring (bicyclic) bond motifs is 1. The van der Waals surface area contributed by atoms with Crippen LogP contribution in [0.1, 0.15) is 21.5 Å². The first-order valence-electron chi connectivity index (χ1n) is 8.01. The Morgan fingerprint density at radius 1 is 1.00 bits per heavy atom. The average molecular weight is 328 g/mol. The van der Waals surface area contributed by atoms with Crippen LogP contribution >= 0.6 is 0 Å². The quantitative estimate of drug-likeness (QED) is 0.545. The second-order valence-corrected chi connectivity index (χ2v) is 5.97. The molecule has 0 atom stereocenters. The number of carbonyl (C=O) groups excluding carboxylic acids is 1. The number of nitrogens with zero attached hydrogens (tertiary/aromatic N) is 1. The Kier molecular flexibility index (Phi) is 3.58. The molecule has 0 unspecified atom stereocenters. The Morgan fingerprint density at radius 3 is 2.60 bits per heavy atom. The van der Waals surface area contributed by atoms with E-state index in [0.29, 0.717) is 22.3 Å². The first-order valence-corrected chi connectivity index (χ1v) is 8.01. The number of pyridine rings is 1. The fourth-order valence-corrected chi connectivity index (χ4v) is 2.99. The van der Waals surface area contributed by atoms with E-state index in [1.807, 2.05) is 36.4 Å². The minimum Gasteiger partial charge on any atom is -0.508 e. The molecule has 0 radical (unpaired) electrons. The standard InChI is InChI=1S/C21H16N2O2/c1-13-16(8-5-9-19(13)24)20(25)18-12-23-21-17(18)10-15(11-22-21)14-6-3-2-4-7-14/h2-12,24H,1H3,(H,22,23). The van der Waals surface area contributed by atoms with Crippen molar-refractivity contribution in [3.8, 4) is 16.9 Å². The maximum atomic E-state index is 13.0. The summed E-state index contributed by atoms with van der Waals surface area (Å²) in [6.07, 6.45) is 3.47. The van der Waals surface area contributed by atoms with Crippen LogP contribution < -0.4 is 0 Å². The summed E-state index contributed by atoms with van der Waals surface area (Å²) in [5.74, 6) is -0.0135. The van der Waals surface area contributed by atoms with Gasteiger partial charge in [0.25, 0.3) is 0 Å². The molecule has 2 aromatic heterocycles. The van der Waals surface area contributed by atoms with Gasteiger partial charge >= 0.3 is 0 Å². The topological polar surface area (TPSA) is 66.0 Å². The average Bonchev–Trinajstić information content (AvgIpc) is 3.07. The largest absolute Gasteiger partial charge is 0.508 e. The van der Waals surface area contributed by atoms with E-state index in [1.165, 1.54) is 0 Å². The molecule has 2 N–H and O–H groups in total. The number of benzene rings is 2. The van der Waals surface area contributed by atoms with Gasteiger partial charge in [-0.05, 0) is 24.6 Å². The third kappa shape index (κ3) is 2.58. The van der Waals surface area contributed by atoms with Gasteiger partial charge in [-0.25, -0.2) is 4.98 Å². The van der Waals surface area contributed by atoms with Crippen LogP contribution in [0, 0.1) is 6.92 Å². The van der Waals surface area contributed by atoms with Crippen molar-refractivity contribution < 1.29 is 9.90 Å². The molecule has 4 aromatic rings. The van der Waals surface area contributed by atoms with Crippen LogP contribution in [-0.2, 0) is 0 Å². The number of hydrogen-bond acceptors (Lipinski definition) is 3. The Morgan fingerprint density at radius 2 is 1.80 bits per heavy atom. The molecule has 0 saturated heterocycles. The number of rotatable bonds is 3. The first kappa shape index (κ1) is 15.1. The Hall–Kier alpha value is -3.40. The maximum Gasteiger partial charge on any atom is 0.195 e. The monoisotopic (exact) mass is 328 g/mol. The van der Waals surface area contributed by atoms with Crippen molar-refractivity contribution in [3.63, 3.8) is 0 Å². The van der Waals surface area contributed by atoms with Crippen molar-refractivity contribution in [2.75, 3.05) is 0 Å². The number of hydrogen-bond donors (Lipinski definition) is 2. The van der Waals surface area contributed by atoms with E-state index in [-0.39, 0.29) is 11.5 Å². The zero-order valence-corrected chi connectivity index (χ0v) is 13.7. The highest BCUT2D eigenvalue weighted by Crippen LogP contribution is 2.28. The van der Waals surface area contributed by atoms with E-state index < -0.39 is 0 Å². The summed E-state index contributed by atoms with van der Waals surface area (Å²) < 4.78 is 0. The van der Waals surface area contributed by atoms with E-state index in [1.54, 1.807) is 37.5 Å². The number of ketones is 1. The number of H-pyrrole nitrogens is 1. The lowest BCUT2D eigenvalue weighted by Crippen LogP contribution is -2.03. The highest BCUT2D eigenvalue weighted by Gasteiger charge is 2.18. The van der Waals surface area contributed by atoms with E-state index in [2.05, 4.69) is 9.97 Å². The van der Waals surface area contributed by atoms with Gasteiger partial charge in [0, 0.05) is 40.0 Å². The molecule has 0 aliphatic carbocycles. The van der Waals surface area contributed by atoms with Crippen LogP contribution in [0.15, 0.2) is 67.0 Å². The zero-order chi connectivity index (χ0) is 17.4. The molecule has 0 bridgehead atoms. The molecule has 25 heavy (non-hydrogen) atoms. The fourth-order valence-electron chi connectivity index (χ4n) is 2.99. The van der Waals surface area contributed by atoms with Crippen LogP contribution in [-0.4, -0.2) is 20.9 Å². The SMILES string of the molecule is Cc1c(O)cccc1C(=O)c1c[nH]c2ncc(-c3ccccc3)cc12. The summed E-state index contributed by atoms with van der Waals surface area (Å²) in [6, 6.07) is 16.9. The van der Waals surface area contributed by atoms with Crippen LogP contribution in [0.5, 0.6) is 5.75 Å². The number of phenolic OH excluding ortho intramolecular Hbond substituents is 1. The molecular formula is C21H16N2O2. The second kappa shape index (κ2) is 5.91. The van der Waals surface area contributed by atoms with Crippen molar-refractivity contribution in [1.82, 2.24) is 9.97 Å². The van der Waals surface area contributed by atoms with Crippen molar-refractivity contribution in [1.29, 1.82) is 0 Å². The fraction of sp³-hybridized carbons (Fsp3) is 0.0476. The third-order valence-corrected chi connectivity index (χ3v) is 4.43. The van der Waals surface area contributed by atoms with Gasteiger partial charge in [-0.3, -0.25) is 4.79 Å². The summed E-state index contributed by atoms with van der Waals surface area (Å²) in [7, 11) is 0. The molecule has 122 valence electrons. The van der Waals surface area contributed by atoms with E-state index in [0.717, 1.165) is 16.5 Å². The van der Waals surface area contributed by atoms with Gasteiger partial charge in [0.2, 0.25) is 0 Å². The summed E-state index contributed by atoms with van der Waals surface area (Å²) >= 11 is 0. The molecule has 4 nitrogen and oxygen atoms in total. The van der Waals surface area contributed by atoms with Crippen molar-refractivity contribution in [2.24, 2.45) is 0 Å². The molecule has 4 heteroatoms. The van der Waals surface area contributed by atoms with Gasteiger partial charge in [0.1, 0.15) is 11.4 Å². The lowest BCUT2D eigenvalue weighted by molar-refractivity contribution is 0.103. The number of aromatic hydroxyl groups is 1. The van der Waals surface area contributed by atoms with E-state index >= 15 is 0 Å². The van der Waals surface area contributed by atoms with Crippen LogP contribution in [0.4, 0.5) is 0 Å². The number of aromatic nitrogens is 2. The predicted molar refractivity (Wildman–Crippen MR) is 97.8 cm³/mol. The lowest BCUT2D eigenvalue weighted by Gasteiger charge is -2.06. The zero-order valence-electron chi connectivity index (χ0n) is 13.7. The number of phenols is 1. The molecule has 0 spiro atoms. The summed E-state index contributed by atoms with van der Waals surface area (Å²) in [6.45, 7) is 1.74. The summed E-state index contributed by atoms with van der Waals surface area (Å²) in [4.78, 5) is 20.5. The van der Waals surface area contributed by atoms with Gasteiger partial charge in [0.15, 0.2) is 5.78 Å². The number of nitrogens with one attached hydrogen (secondary N) is 1. The van der Waals surface area contributed by atoms with Gasteiger partial charge in [-0.2, -0.15) is 0 Å². The smallest absolute Gasteiger partial charge is 0.195 e.